The Morgan fingerprint density at radius 1 is 0.864 bits per heavy atom. The Kier molecular flexibility index (Phi) is 4.68. The van der Waals surface area contributed by atoms with Crippen molar-refractivity contribution >= 4 is 17.7 Å². The van der Waals surface area contributed by atoms with Crippen LogP contribution in [0, 0.1) is 0 Å². The molecular formula is C17H15NO4. The highest BCUT2D eigenvalue weighted by Crippen LogP contribution is 2.26. The Morgan fingerprint density at radius 3 is 1.36 bits per heavy atom. The van der Waals surface area contributed by atoms with Crippen LogP contribution in [0.25, 0.3) is 0 Å². The van der Waals surface area contributed by atoms with Gasteiger partial charge in [-0.3, -0.25) is 9.59 Å². The summed E-state index contributed by atoms with van der Waals surface area (Å²) >= 11 is 0. The second kappa shape index (κ2) is 6.67. The van der Waals surface area contributed by atoms with Crippen molar-refractivity contribution in [3.63, 3.8) is 0 Å². The molecule has 2 N–H and O–H groups in total. The molecule has 1 aliphatic rings. The molecule has 0 spiro atoms. The molecule has 0 fully saturated rings. The summed E-state index contributed by atoms with van der Waals surface area (Å²) in [5.74, 6) is -0.128. The van der Waals surface area contributed by atoms with Crippen LogP contribution < -0.4 is 5.73 Å². The number of hydrogen-bond donors (Lipinski definition) is 1. The van der Waals surface area contributed by atoms with Gasteiger partial charge in [0, 0.05) is 22.3 Å². The molecule has 1 aliphatic carbocycles. The van der Waals surface area contributed by atoms with Gasteiger partial charge >= 0.3 is 6.09 Å². The summed E-state index contributed by atoms with van der Waals surface area (Å²) in [6.45, 7) is 2.06. The van der Waals surface area contributed by atoms with Crippen LogP contribution in [0.5, 0.6) is 0 Å². The first kappa shape index (κ1) is 15.4. The number of primary amides is 1. The molecule has 112 valence electrons. The molecule has 3 rings (SSSR count). The predicted octanol–water partition coefficient (Wildman–Crippen LogP) is 2.56. The van der Waals surface area contributed by atoms with Crippen LogP contribution in [0.2, 0.25) is 0 Å². The first-order valence-corrected chi connectivity index (χ1v) is 6.76. The Bertz CT molecular complexity index is 631. The van der Waals surface area contributed by atoms with Crippen LogP contribution in [0.15, 0.2) is 48.5 Å². The number of hydrogen-bond acceptors (Lipinski definition) is 4. The normalized spacial score (nSPS) is 11.7. The minimum atomic E-state index is -0.711. The van der Waals surface area contributed by atoms with E-state index in [1.54, 1.807) is 55.5 Å². The lowest BCUT2D eigenvalue weighted by Crippen LogP contribution is -2.20. The van der Waals surface area contributed by atoms with E-state index >= 15 is 0 Å². The number of carbonyl (C=O) groups is 3. The van der Waals surface area contributed by atoms with Gasteiger partial charge in [-0.05, 0) is 6.92 Å². The zero-order valence-electron chi connectivity index (χ0n) is 12.0. The number of benzene rings is 2. The van der Waals surface area contributed by atoms with E-state index in [0.29, 0.717) is 28.9 Å². The van der Waals surface area contributed by atoms with Gasteiger partial charge in [-0.2, -0.15) is 0 Å². The molecule has 5 nitrogen and oxygen atoms in total. The van der Waals surface area contributed by atoms with Crippen molar-refractivity contribution in [1.82, 2.24) is 0 Å². The fourth-order valence-corrected chi connectivity index (χ4v) is 2.19. The summed E-state index contributed by atoms with van der Waals surface area (Å²) in [7, 11) is 0. The van der Waals surface area contributed by atoms with Crippen LogP contribution in [0.1, 0.15) is 38.8 Å². The molecule has 0 atom stereocenters. The Morgan fingerprint density at radius 2 is 1.18 bits per heavy atom. The van der Waals surface area contributed by atoms with Crippen LogP contribution in [0.3, 0.4) is 0 Å². The van der Waals surface area contributed by atoms with E-state index in [4.69, 9.17) is 0 Å². The molecule has 0 radical (unpaired) electrons. The Hall–Kier alpha value is -2.95. The molecule has 0 aliphatic heterocycles. The van der Waals surface area contributed by atoms with E-state index in [9.17, 15) is 14.4 Å². The quantitative estimate of drug-likeness (QED) is 0.748. The van der Waals surface area contributed by atoms with Gasteiger partial charge in [0.05, 0.1) is 6.61 Å². The van der Waals surface area contributed by atoms with E-state index in [1.807, 2.05) is 0 Å². The molecule has 0 aromatic heterocycles. The third-order valence-electron chi connectivity index (χ3n) is 3.12. The monoisotopic (exact) mass is 297 g/mol. The number of nitrogens with two attached hydrogens (primary N) is 1. The van der Waals surface area contributed by atoms with Crippen LogP contribution >= 0.6 is 0 Å². The molecular weight excluding hydrogens is 282 g/mol. The second-order valence-corrected chi connectivity index (χ2v) is 4.50. The van der Waals surface area contributed by atoms with Crippen molar-refractivity contribution in [2.75, 3.05) is 6.61 Å². The lowest BCUT2D eigenvalue weighted by atomic mass is 9.84. The average molecular weight is 297 g/mol. The molecule has 1 amide bonds. The summed E-state index contributed by atoms with van der Waals surface area (Å²) in [5, 5.41) is 0. The highest BCUT2D eigenvalue weighted by molar-refractivity contribution is 6.28. The fraction of sp³-hybridized carbons (Fsp3) is 0.118. The number of rotatable bonds is 1. The van der Waals surface area contributed by atoms with E-state index < -0.39 is 6.09 Å². The summed E-state index contributed by atoms with van der Waals surface area (Å²) in [4.78, 5) is 33.8. The number of carbonyl (C=O) groups excluding carboxylic acids is 3. The number of amides is 1. The smallest absolute Gasteiger partial charge is 0.404 e. The van der Waals surface area contributed by atoms with Crippen molar-refractivity contribution in [2.24, 2.45) is 5.73 Å². The van der Waals surface area contributed by atoms with Crippen molar-refractivity contribution in [2.45, 2.75) is 6.92 Å². The lowest BCUT2D eigenvalue weighted by molar-refractivity contribution is 0.0979. The summed E-state index contributed by atoms with van der Waals surface area (Å²) in [5.41, 5.74) is 6.56. The van der Waals surface area contributed by atoms with Gasteiger partial charge < -0.3 is 10.5 Å². The molecule has 22 heavy (non-hydrogen) atoms. The van der Waals surface area contributed by atoms with E-state index in [0.717, 1.165) is 0 Å². The van der Waals surface area contributed by atoms with Crippen molar-refractivity contribution in [1.29, 1.82) is 0 Å². The van der Waals surface area contributed by atoms with Crippen molar-refractivity contribution < 1.29 is 19.1 Å². The first-order valence-electron chi connectivity index (χ1n) is 6.76. The van der Waals surface area contributed by atoms with E-state index in [-0.39, 0.29) is 11.6 Å². The zero-order valence-corrected chi connectivity index (χ0v) is 12.0. The third kappa shape index (κ3) is 3.03. The lowest BCUT2D eigenvalue weighted by Gasteiger charge is -2.16. The van der Waals surface area contributed by atoms with Gasteiger partial charge in [0.15, 0.2) is 11.6 Å². The molecule has 2 aromatic carbocycles. The third-order valence-corrected chi connectivity index (χ3v) is 3.12. The van der Waals surface area contributed by atoms with Gasteiger partial charge in [0.25, 0.3) is 0 Å². The Balaban J connectivity index is 0.000000254. The SMILES string of the molecule is CCOC(N)=O.O=C1c2ccccc2C(=O)c2ccccc21. The minimum absolute atomic E-state index is 0.0641. The van der Waals surface area contributed by atoms with Gasteiger partial charge in [-0.25, -0.2) is 4.79 Å². The average Bonchev–Trinajstić information content (AvgIpc) is 2.53. The first-order chi connectivity index (χ1) is 10.6. The standard InChI is InChI=1S/C14H8O2.C3H7NO2/c15-13-9-5-1-2-6-10(9)14(16)12-8-4-3-7-11(12)13;1-2-6-3(4)5/h1-8H;2H2,1H3,(H2,4,5). The number of ether oxygens (including phenoxy) is 1. The van der Waals surface area contributed by atoms with Gasteiger partial charge in [-0.1, -0.05) is 48.5 Å². The predicted molar refractivity (Wildman–Crippen MR) is 81.0 cm³/mol. The van der Waals surface area contributed by atoms with Gasteiger partial charge in [0.1, 0.15) is 0 Å². The Labute approximate surface area is 127 Å². The van der Waals surface area contributed by atoms with Crippen molar-refractivity contribution in [3.05, 3.63) is 70.8 Å². The summed E-state index contributed by atoms with van der Waals surface area (Å²) in [6.07, 6.45) is -0.711. The molecule has 2 aromatic rings. The molecule has 0 saturated carbocycles. The summed E-state index contributed by atoms with van der Waals surface area (Å²) < 4.78 is 4.18. The largest absolute Gasteiger partial charge is 0.450 e. The molecule has 0 bridgehead atoms. The molecule has 0 saturated heterocycles. The second-order valence-electron chi connectivity index (χ2n) is 4.50. The van der Waals surface area contributed by atoms with Crippen molar-refractivity contribution in [3.8, 4) is 0 Å². The maximum Gasteiger partial charge on any atom is 0.404 e. The maximum absolute atomic E-state index is 12.1. The molecule has 0 unspecified atom stereocenters. The summed E-state index contributed by atoms with van der Waals surface area (Å²) in [6, 6.07) is 13.9. The zero-order chi connectivity index (χ0) is 16.1. The number of ketones is 2. The topological polar surface area (TPSA) is 86.5 Å². The van der Waals surface area contributed by atoms with E-state index in [1.165, 1.54) is 0 Å². The highest BCUT2D eigenvalue weighted by atomic mass is 16.5. The number of fused-ring (bicyclic) bond motifs is 2. The van der Waals surface area contributed by atoms with Crippen LogP contribution in [-0.2, 0) is 4.74 Å². The van der Waals surface area contributed by atoms with Crippen LogP contribution in [0.4, 0.5) is 4.79 Å². The fourth-order valence-electron chi connectivity index (χ4n) is 2.19. The maximum atomic E-state index is 12.1. The van der Waals surface area contributed by atoms with Crippen LogP contribution in [-0.4, -0.2) is 24.3 Å². The minimum Gasteiger partial charge on any atom is -0.450 e. The van der Waals surface area contributed by atoms with E-state index in [2.05, 4.69) is 10.5 Å². The van der Waals surface area contributed by atoms with Gasteiger partial charge in [-0.15, -0.1) is 0 Å². The molecule has 0 heterocycles. The molecule has 5 heteroatoms. The highest BCUT2D eigenvalue weighted by Gasteiger charge is 2.28. The van der Waals surface area contributed by atoms with Gasteiger partial charge in [0.2, 0.25) is 0 Å².